The van der Waals surface area contributed by atoms with Crippen LogP contribution in [0.4, 0.5) is 23.2 Å². The highest BCUT2D eigenvalue weighted by atomic mass is 19.4. The van der Waals surface area contributed by atoms with Crippen molar-refractivity contribution in [3.8, 4) is 17.1 Å². The molecule has 2 unspecified atom stereocenters. The number of alkyl halides is 3. The molecule has 7 nitrogen and oxygen atoms in total. The maximum absolute atomic E-state index is 14.7. The van der Waals surface area contributed by atoms with Crippen molar-refractivity contribution in [1.82, 2.24) is 15.2 Å². The van der Waals surface area contributed by atoms with E-state index in [1.165, 1.54) is 12.0 Å². The molecular formula is C25H24F4N4O3. The van der Waals surface area contributed by atoms with Crippen molar-refractivity contribution in [2.24, 2.45) is 0 Å². The molecule has 0 spiro atoms. The summed E-state index contributed by atoms with van der Waals surface area (Å²) in [5.41, 5.74) is 0.729. The van der Waals surface area contributed by atoms with E-state index in [0.717, 1.165) is 12.1 Å². The molecule has 1 aliphatic heterocycles. The van der Waals surface area contributed by atoms with Crippen molar-refractivity contribution in [2.45, 2.75) is 37.9 Å². The molecule has 2 aromatic heterocycles. The molecule has 3 heterocycles. The quantitative estimate of drug-likeness (QED) is 0.345. The summed E-state index contributed by atoms with van der Waals surface area (Å²) < 4.78 is 64.0. The van der Waals surface area contributed by atoms with Crippen LogP contribution in [0, 0.1) is 5.82 Å². The summed E-state index contributed by atoms with van der Waals surface area (Å²) in [6.45, 7) is 2.52. The van der Waals surface area contributed by atoms with E-state index in [9.17, 15) is 22.4 Å². The van der Waals surface area contributed by atoms with Crippen molar-refractivity contribution < 1.29 is 31.8 Å². The normalized spacial score (nSPS) is 18.1. The zero-order valence-corrected chi connectivity index (χ0v) is 19.6. The van der Waals surface area contributed by atoms with Crippen LogP contribution in [0.1, 0.15) is 36.9 Å². The average molecular weight is 504 g/mol. The fourth-order valence-electron chi connectivity index (χ4n) is 4.34. The number of hydrogen-bond donors (Lipinski definition) is 0. The number of rotatable bonds is 6. The van der Waals surface area contributed by atoms with E-state index < -0.39 is 29.6 Å². The van der Waals surface area contributed by atoms with Gasteiger partial charge in [0.25, 0.3) is 0 Å². The van der Waals surface area contributed by atoms with Crippen LogP contribution in [0.25, 0.3) is 11.3 Å². The Labute approximate surface area is 205 Å². The molecule has 0 saturated carbocycles. The molecule has 0 bridgehead atoms. The Bertz CT molecular complexity index is 1220. The van der Waals surface area contributed by atoms with E-state index in [0.29, 0.717) is 41.9 Å². The van der Waals surface area contributed by atoms with Crippen molar-refractivity contribution in [1.29, 1.82) is 0 Å². The van der Waals surface area contributed by atoms with Gasteiger partial charge in [-0.1, -0.05) is 0 Å². The number of nitrogens with zero attached hydrogens (tertiary/aromatic N) is 4. The number of hydrogen-bond acceptors (Lipinski definition) is 7. The number of pyridine rings is 1. The SMILES string of the molecule is CCOc1ncccc1-c1ccc(C2CCN(c3ccc(C(F)(F)F)cc3F)C(C(=O)OC)C2)nn1. The molecule has 1 aromatic carbocycles. The summed E-state index contributed by atoms with van der Waals surface area (Å²) in [5.74, 6) is -1.41. The highest BCUT2D eigenvalue weighted by molar-refractivity contribution is 5.80. The number of anilines is 1. The van der Waals surface area contributed by atoms with Gasteiger partial charge in [0, 0.05) is 18.7 Å². The number of esters is 1. The fraction of sp³-hybridized carbons (Fsp3) is 0.360. The van der Waals surface area contributed by atoms with Gasteiger partial charge in [0.2, 0.25) is 5.88 Å². The Morgan fingerprint density at radius 1 is 1.17 bits per heavy atom. The molecule has 190 valence electrons. The van der Waals surface area contributed by atoms with Crippen LogP contribution in [0.2, 0.25) is 0 Å². The van der Waals surface area contributed by atoms with Gasteiger partial charge in [-0.05, 0) is 62.2 Å². The lowest BCUT2D eigenvalue weighted by atomic mass is 9.87. The standard InChI is InChI=1S/C25H24F4N4O3/c1-3-36-23-17(5-4-11-30-23)20-8-7-19(31-32-20)15-10-12-33(22(13-15)24(34)35-2)21-9-6-16(14-18(21)26)25(27,28)29/h4-9,11,14-15,22H,3,10,12-13H2,1-2H3. The van der Waals surface area contributed by atoms with Crippen LogP contribution in [0.3, 0.4) is 0 Å². The zero-order valence-electron chi connectivity index (χ0n) is 19.6. The van der Waals surface area contributed by atoms with Gasteiger partial charge in [0.15, 0.2) is 0 Å². The second kappa shape index (κ2) is 10.5. The van der Waals surface area contributed by atoms with E-state index >= 15 is 0 Å². The van der Waals surface area contributed by atoms with Crippen LogP contribution in [-0.2, 0) is 15.7 Å². The summed E-state index contributed by atoms with van der Waals surface area (Å²) in [5, 5.41) is 8.67. The first kappa shape index (κ1) is 25.3. The Kier molecular flexibility index (Phi) is 7.37. The fourth-order valence-corrected chi connectivity index (χ4v) is 4.34. The molecule has 36 heavy (non-hydrogen) atoms. The number of piperidine rings is 1. The van der Waals surface area contributed by atoms with Crippen molar-refractivity contribution in [2.75, 3.05) is 25.2 Å². The van der Waals surface area contributed by atoms with Gasteiger partial charge in [-0.15, -0.1) is 0 Å². The first-order valence-electron chi connectivity index (χ1n) is 11.4. The van der Waals surface area contributed by atoms with Gasteiger partial charge < -0.3 is 14.4 Å². The number of methoxy groups -OCH3 is 1. The third-order valence-corrected chi connectivity index (χ3v) is 6.09. The number of benzene rings is 1. The topological polar surface area (TPSA) is 77.4 Å². The Morgan fingerprint density at radius 2 is 1.97 bits per heavy atom. The molecule has 4 rings (SSSR count). The lowest BCUT2D eigenvalue weighted by Crippen LogP contribution is -2.48. The van der Waals surface area contributed by atoms with Gasteiger partial charge in [-0.25, -0.2) is 14.2 Å². The predicted molar refractivity (Wildman–Crippen MR) is 123 cm³/mol. The minimum absolute atomic E-state index is 0.0849. The highest BCUT2D eigenvalue weighted by Crippen LogP contribution is 2.38. The van der Waals surface area contributed by atoms with Crippen molar-refractivity contribution >= 4 is 11.7 Å². The molecule has 0 amide bonds. The molecule has 3 aromatic rings. The van der Waals surface area contributed by atoms with Gasteiger partial charge in [0.1, 0.15) is 11.9 Å². The second-order valence-corrected chi connectivity index (χ2v) is 8.25. The Morgan fingerprint density at radius 3 is 2.61 bits per heavy atom. The summed E-state index contributed by atoms with van der Waals surface area (Å²) in [4.78, 5) is 18.2. The van der Waals surface area contributed by atoms with Gasteiger partial charge in [0.05, 0.1) is 41.9 Å². The second-order valence-electron chi connectivity index (χ2n) is 8.25. The minimum Gasteiger partial charge on any atom is -0.477 e. The van der Waals surface area contributed by atoms with Crippen molar-refractivity contribution in [3.05, 3.63) is 65.7 Å². The number of carbonyl (C=O) groups is 1. The van der Waals surface area contributed by atoms with E-state index in [1.807, 2.05) is 13.0 Å². The number of carbonyl (C=O) groups excluding carboxylic acids is 1. The van der Waals surface area contributed by atoms with Crippen LogP contribution in [0.5, 0.6) is 5.88 Å². The monoisotopic (exact) mass is 504 g/mol. The first-order valence-corrected chi connectivity index (χ1v) is 11.4. The molecule has 0 N–H and O–H groups in total. The van der Waals surface area contributed by atoms with Crippen LogP contribution in [0.15, 0.2) is 48.7 Å². The Hall–Kier alpha value is -3.76. The summed E-state index contributed by atoms with van der Waals surface area (Å²) in [7, 11) is 1.21. The molecular weight excluding hydrogens is 480 g/mol. The van der Waals surface area contributed by atoms with E-state index in [4.69, 9.17) is 9.47 Å². The molecule has 11 heteroatoms. The molecule has 1 aliphatic rings. The first-order chi connectivity index (χ1) is 17.2. The van der Waals surface area contributed by atoms with Gasteiger partial charge >= 0.3 is 12.1 Å². The van der Waals surface area contributed by atoms with Gasteiger partial charge in [-0.3, -0.25) is 0 Å². The minimum atomic E-state index is -4.67. The third-order valence-electron chi connectivity index (χ3n) is 6.09. The van der Waals surface area contributed by atoms with E-state index in [-0.39, 0.29) is 24.6 Å². The highest BCUT2D eigenvalue weighted by Gasteiger charge is 2.38. The summed E-state index contributed by atoms with van der Waals surface area (Å²) in [6, 6.07) is 8.58. The molecule has 2 atom stereocenters. The van der Waals surface area contributed by atoms with Crippen molar-refractivity contribution in [3.63, 3.8) is 0 Å². The van der Waals surface area contributed by atoms with E-state index in [2.05, 4.69) is 15.2 Å². The number of ether oxygens (including phenoxy) is 2. The average Bonchev–Trinajstić information content (AvgIpc) is 2.88. The van der Waals surface area contributed by atoms with E-state index in [1.54, 1.807) is 24.4 Å². The maximum Gasteiger partial charge on any atom is 0.416 e. The largest absolute Gasteiger partial charge is 0.477 e. The molecule has 1 fully saturated rings. The molecule has 1 saturated heterocycles. The van der Waals surface area contributed by atoms with Crippen LogP contribution >= 0.6 is 0 Å². The predicted octanol–water partition coefficient (Wildman–Crippen LogP) is 5.02. The number of aromatic nitrogens is 3. The van der Waals surface area contributed by atoms with Crippen LogP contribution in [-0.4, -0.2) is 47.5 Å². The molecule has 0 radical (unpaired) electrons. The summed E-state index contributed by atoms with van der Waals surface area (Å²) in [6.07, 6.45) is -2.33. The number of halogens is 4. The molecule has 0 aliphatic carbocycles. The summed E-state index contributed by atoms with van der Waals surface area (Å²) >= 11 is 0. The zero-order chi connectivity index (χ0) is 25.9. The smallest absolute Gasteiger partial charge is 0.416 e. The maximum atomic E-state index is 14.7. The van der Waals surface area contributed by atoms with Gasteiger partial charge in [-0.2, -0.15) is 23.4 Å². The Balaban J connectivity index is 1.57. The lowest BCUT2D eigenvalue weighted by molar-refractivity contribution is -0.143. The third kappa shape index (κ3) is 5.24. The lowest BCUT2D eigenvalue weighted by Gasteiger charge is -2.39. The van der Waals surface area contributed by atoms with Crippen LogP contribution < -0.4 is 9.64 Å².